The Kier molecular flexibility index (Phi) is 5.76. The van der Waals surface area contributed by atoms with E-state index in [-0.39, 0.29) is 15.8 Å². The first-order chi connectivity index (χ1) is 16.2. The van der Waals surface area contributed by atoms with Crippen LogP contribution in [-0.2, 0) is 27.1 Å². The predicted molar refractivity (Wildman–Crippen MR) is 129 cm³/mol. The lowest BCUT2D eigenvalue weighted by Crippen LogP contribution is -2.31. The minimum Gasteiger partial charge on any atom is -0.329 e. The Morgan fingerprint density at radius 1 is 0.824 bits per heavy atom. The van der Waals surface area contributed by atoms with Crippen LogP contribution in [0.3, 0.4) is 0 Å². The zero-order valence-corrected chi connectivity index (χ0v) is 20.1. The number of aryl methyl sites for hydroxylation is 1. The first-order valence-corrected chi connectivity index (χ1v) is 13.8. The zero-order valence-electron chi connectivity index (χ0n) is 18.4. The number of benzene rings is 3. The van der Waals surface area contributed by atoms with Crippen LogP contribution in [0.25, 0.3) is 11.0 Å². The Bertz CT molecular complexity index is 1540. The van der Waals surface area contributed by atoms with E-state index in [1.165, 1.54) is 24.3 Å². The highest BCUT2D eigenvalue weighted by Crippen LogP contribution is 2.27. The highest BCUT2D eigenvalue weighted by molar-refractivity contribution is 7.90. The van der Waals surface area contributed by atoms with Crippen LogP contribution in [-0.4, -0.2) is 32.4 Å². The van der Waals surface area contributed by atoms with Gasteiger partial charge < -0.3 is 4.57 Å². The topological polar surface area (TPSA) is 110 Å². The van der Waals surface area contributed by atoms with Crippen molar-refractivity contribution in [2.45, 2.75) is 34.7 Å². The minimum atomic E-state index is -4.00. The molecular formula is C24H24N4O4S2. The third-order valence-corrected chi connectivity index (χ3v) is 8.80. The number of nitrogens with zero attached hydrogens (tertiary/aromatic N) is 2. The van der Waals surface area contributed by atoms with Gasteiger partial charge in [-0.15, -0.1) is 0 Å². The standard InChI is InChI=1S/C24H24N4O4S2/c1-28-22-10-6-5-9-21(22)25-24(28)23(17-7-3-2-4-8-17)27-34(31,32)20-15-13-19(14-16-20)33(29,30)26-18-11-12-18/h2-10,13-16,18,23,26-27H,11-12H2,1H3. The molecule has 1 aliphatic rings. The fourth-order valence-electron chi connectivity index (χ4n) is 3.85. The SMILES string of the molecule is Cn1c(C(NS(=O)(=O)c2ccc(S(=O)(=O)NC3CC3)cc2)c2ccccc2)nc2ccccc21. The van der Waals surface area contributed by atoms with Gasteiger partial charge in [0.2, 0.25) is 20.0 Å². The van der Waals surface area contributed by atoms with Gasteiger partial charge in [-0.3, -0.25) is 0 Å². The van der Waals surface area contributed by atoms with Gasteiger partial charge in [0.05, 0.1) is 20.8 Å². The van der Waals surface area contributed by atoms with E-state index >= 15 is 0 Å². The number of nitrogens with one attached hydrogen (secondary N) is 2. The van der Waals surface area contributed by atoms with Crippen LogP contribution in [0.15, 0.2) is 88.7 Å². The van der Waals surface area contributed by atoms with E-state index in [0.29, 0.717) is 5.82 Å². The van der Waals surface area contributed by atoms with Crippen LogP contribution in [0.5, 0.6) is 0 Å². The van der Waals surface area contributed by atoms with Gasteiger partial charge in [-0.2, -0.15) is 4.72 Å². The Balaban J connectivity index is 1.50. The maximum Gasteiger partial charge on any atom is 0.241 e. The van der Waals surface area contributed by atoms with E-state index in [0.717, 1.165) is 29.4 Å². The molecule has 2 N–H and O–H groups in total. The van der Waals surface area contributed by atoms with Gasteiger partial charge in [0.25, 0.3) is 0 Å². The highest BCUT2D eigenvalue weighted by atomic mass is 32.2. The molecule has 8 nitrogen and oxygen atoms in total. The number of rotatable bonds is 8. The zero-order chi connectivity index (χ0) is 23.9. The van der Waals surface area contributed by atoms with E-state index in [9.17, 15) is 16.8 Å². The Morgan fingerprint density at radius 3 is 2.03 bits per heavy atom. The molecule has 34 heavy (non-hydrogen) atoms. The predicted octanol–water partition coefficient (Wildman–Crippen LogP) is 3.08. The molecule has 0 spiro atoms. The molecule has 1 aromatic heterocycles. The molecule has 1 saturated carbocycles. The van der Waals surface area contributed by atoms with Gasteiger partial charge >= 0.3 is 0 Å². The summed E-state index contributed by atoms with van der Waals surface area (Å²) in [5, 5.41) is 0. The Labute approximate surface area is 198 Å². The number of sulfonamides is 2. The summed E-state index contributed by atoms with van der Waals surface area (Å²) in [7, 11) is -5.82. The van der Waals surface area contributed by atoms with Crippen LogP contribution in [0.2, 0.25) is 0 Å². The summed E-state index contributed by atoms with van der Waals surface area (Å²) in [6.45, 7) is 0. The maximum atomic E-state index is 13.4. The van der Waals surface area contributed by atoms with Crippen molar-refractivity contribution < 1.29 is 16.8 Å². The van der Waals surface area contributed by atoms with Crippen molar-refractivity contribution in [1.29, 1.82) is 0 Å². The molecule has 176 valence electrons. The van der Waals surface area contributed by atoms with Gasteiger partial charge in [-0.25, -0.2) is 26.5 Å². The largest absolute Gasteiger partial charge is 0.329 e. The highest BCUT2D eigenvalue weighted by Gasteiger charge is 2.29. The lowest BCUT2D eigenvalue weighted by Gasteiger charge is -2.19. The molecule has 0 saturated heterocycles. The number of para-hydroxylation sites is 2. The molecule has 1 atom stereocenters. The summed E-state index contributed by atoms with van der Waals surface area (Å²) in [6, 6.07) is 21.3. The first kappa shape index (κ1) is 22.7. The molecule has 5 rings (SSSR count). The van der Waals surface area contributed by atoms with Gasteiger partial charge in [0, 0.05) is 13.1 Å². The summed E-state index contributed by atoms with van der Waals surface area (Å²) in [5.74, 6) is 0.545. The maximum absolute atomic E-state index is 13.4. The average Bonchev–Trinajstić information content (AvgIpc) is 3.58. The fourth-order valence-corrected chi connectivity index (χ4v) is 6.33. The van der Waals surface area contributed by atoms with Crippen LogP contribution < -0.4 is 9.44 Å². The number of fused-ring (bicyclic) bond motifs is 1. The number of imidazole rings is 1. The monoisotopic (exact) mass is 496 g/mol. The number of hydrogen-bond donors (Lipinski definition) is 2. The van der Waals surface area contributed by atoms with E-state index in [1.54, 1.807) is 0 Å². The quantitative estimate of drug-likeness (QED) is 0.390. The lowest BCUT2D eigenvalue weighted by atomic mass is 10.1. The molecule has 0 bridgehead atoms. The van der Waals surface area contributed by atoms with Crippen molar-refractivity contribution >= 4 is 31.1 Å². The van der Waals surface area contributed by atoms with Crippen molar-refractivity contribution in [3.05, 3.63) is 90.3 Å². The van der Waals surface area contributed by atoms with Crippen molar-refractivity contribution in [1.82, 2.24) is 19.0 Å². The van der Waals surface area contributed by atoms with E-state index in [2.05, 4.69) is 9.44 Å². The molecule has 0 amide bonds. The first-order valence-electron chi connectivity index (χ1n) is 10.9. The second-order valence-electron chi connectivity index (χ2n) is 8.35. The van der Waals surface area contributed by atoms with Crippen LogP contribution >= 0.6 is 0 Å². The molecule has 1 aliphatic carbocycles. The van der Waals surface area contributed by atoms with Crippen LogP contribution in [0, 0.1) is 0 Å². The van der Waals surface area contributed by atoms with Crippen molar-refractivity contribution in [2.24, 2.45) is 7.05 Å². The summed E-state index contributed by atoms with van der Waals surface area (Å²) >= 11 is 0. The molecule has 4 aromatic rings. The molecular weight excluding hydrogens is 472 g/mol. The van der Waals surface area contributed by atoms with Gasteiger partial charge in [0.1, 0.15) is 11.9 Å². The smallest absolute Gasteiger partial charge is 0.241 e. The van der Waals surface area contributed by atoms with Crippen LogP contribution in [0.4, 0.5) is 0 Å². The molecule has 0 radical (unpaired) electrons. The summed E-state index contributed by atoms with van der Waals surface area (Å²) in [5.41, 5.74) is 2.38. The molecule has 1 heterocycles. The molecule has 10 heteroatoms. The number of hydrogen-bond acceptors (Lipinski definition) is 5. The van der Waals surface area contributed by atoms with E-state index < -0.39 is 26.1 Å². The lowest BCUT2D eigenvalue weighted by molar-refractivity contribution is 0.563. The second kappa shape index (κ2) is 8.62. The molecule has 0 aliphatic heterocycles. The normalized spacial score (nSPS) is 15.4. The minimum absolute atomic E-state index is 0.0300. The van der Waals surface area contributed by atoms with E-state index in [4.69, 9.17) is 4.98 Å². The summed E-state index contributed by atoms with van der Waals surface area (Å²) < 4.78 is 58.8. The van der Waals surface area contributed by atoms with E-state index in [1.807, 2.05) is 66.2 Å². The van der Waals surface area contributed by atoms with Crippen molar-refractivity contribution in [3.63, 3.8) is 0 Å². The average molecular weight is 497 g/mol. The van der Waals surface area contributed by atoms with Crippen molar-refractivity contribution in [2.75, 3.05) is 0 Å². The Hall–Kier alpha value is -3.05. The molecule has 1 unspecified atom stereocenters. The third kappa shape index (κ3) is 4.49. The third-order valence-electron chi connectivity index (χ3n) is 5.83. The molecule has 3 aromatic carbocycles. The Morgan fingerprint density at radius 2 is 1.41 bits per heavy atom. The van der Waals surface area contributed by atoms with Crippen molar-refractivity contribution in [3.8, 4) is 0 Å². The summed E-state index contributed by atoms with van der Waals surface area (Å²) in [6.07, 6.45) is 1.64. The van der Waals surface area contributed by atoms with Gasteiger partial charge in [-0.1, -0.05) is 42.5 Å². The van der Waals surface area contributed by atoms with Gasteiger partial charge in [0.15, 0.2) is 0 Å². The second-order valence-corrected chi connectivity index (χ2v) is 11.8. The molecule has 1 fully saturated rings. The fraction of sp³-hybridized carbons (Fsp3) is 0.208. The summed E-state index contributed by atoms with van der Waals surface area (Å²) in [4.78, 5) is 4.70. The number of aromatic nitrogens is 2. The van der Waals surface area contributed by atoms with Gasteiger partial charge in [-0.05, 0) is 54.8 Å². The van der Waals surface area contributed by atoms with Crippen LogP contribution in [0.1, 0.15) is 30.3 Å².